The van der Waals surface area contributed by atoms with Crippen LogP contribution in [0.1, 0.15) is 56.6 Å². The molecule has 0 unspecified atom stereocenters. The average molecular weight is 700 g/mol. The predicted molar refractivity (Wildman–Crippen MR) is 199 cm³/mol. The summed E-state index contributed by atoms with van der Waals surface area (Å²) in [7, 11) is 7.68. The third-order valence-electron chi connectivity index (χ3n) is 10.8. The number of benzene rings is 4. The molecule has 0 radical (unpaired) electrons. The lowest BCUT2D eigenvalue weighted by molar-refractivity contribution is 0.216. The Balaban J connectivity index is 1.35. The molecular formula is C43H45N3O6. The highest BCUT2D eigenvalue weighted by atomic mass is 16.5. The zero-order chi connectivity index (χ0) is 35.8. The minimum absolute atomic E-state index is 0.0705. The number of rotatable bonds is 6. The highest BCUT2D eigenvalue weighted by Crippen LogP contribution is 2.51. The van der Waals surface area contributed by atoms with E-state index in [1.54, 1.807) is 26.6 Å². The second-order valence-electron chi connectivity index (χ2n) is 14.0. The zero-order valence-electron chi connectivity index (χ0n) is 30.2. The van der Waals surface area contributed by atoms with Crippen LogP contribution in [0.4, 0.5) is 0 Å². The summed E-state index contributed by atoms with van der Waals surface area (Å²) in [5.41, 5.74) is 8.58. The molecule has 4 aliphatic rings. The first-order valence-corrected chi connectivity index (χ1v) is 18.0. The van der Waals surface area contributed by atoms with E-state index in [1.807, 2.05) is 30.3 Å². The van der Waals surface area contributed by atoms with Gasteiger partial charge in [0.25, 0.3) is 0 Å². The first kappa shape index (κ1) is 34.0. The van der Waals surface area contributed by atoms with Gasteiger partial charge in [-0.15, -0.1) is 0 Å². The monoisotopic (exact) mass is 699 g/mol. The molecule has 9 rings (SSSR count). The fourth-order valence-corrected chi connectivity index (χ4v) is 7.91. The van der Waals surface area contributed by atoms with E-state index in [0.717, 1.165) is 65.9 Å². The smallest absolute Gasteiger partial charge is 0.204 e. The van der Waals surface area contributed by atoms with E-state index in [2.05, 4.69) is 71.3 Å². The van der Waals surface area contributed by atoms with Crippen molar-refractivity contribution in [3.63, 3.8) is 0 Å². The van der Waals surface area contributed by atoms with E-state index in [0.29, 0.717) is 40.9 Å². The van der Waals surface area contributed by atoms with Crippen molar-refractivity contribution in [2.75, 3.05) is 41.4 Å². The number of hydrogen-bond donors (Lipinski definition) is 1. The molecule has 6 bridgehead atoms. The molecule has 4 aromatic carbocycles. The largest absolute Gasteiger partial charge is 0.493 e. The van der Waals surface area contributed by atoms with E-state index in [-0.39, 0.29) is 25.3 Å². The molecule has 268 valence electrons. The Labute approximate surface area is 305 Å². The SMILES string of the molecule is COc1ccc2cc1Oc1ccc(cc1)C[C@H]1c3cc(c(CO)cc3CCN1C)Oc1c(OCc3cccnc3)c(OC)cc3c1[C@H](C2)N(C)CC3. The summed E-state index contributed by atoms with van der Waals surface area (Å²) in [6, 6.07) is 24.8. The van der Waals surface area contributed by atoms with E-state index in [1.165, 1.54) is 16.7 Å². The van der Waals surface area contributed by atoms with Gasteiger partial charge in [0, 0.05) is 54.3 Å². The standard InChI is InChI=1S/C43H45N3O6/c1-45-16-13-30-21-32(25-47)38-23-34(30)35(45)18-27-7-10-33(11-8-27)51-39-20-28(9-12-37(39)48-3)19-36-41-31(14-17-46(36)2)22-40(49-4)42(43(41)52-38)50-26-29-6-5-15-44-24-29/h5-12,15,20-24,35-36,47H,13-14,16-19,25-26H2,1-4H3/t35-,36-/m0/s1. The third-order valence-corrected chi connectivity index (χ3v) is 10.8. The van der Waals surface area contributed by atoms with E-state index in [4.69, 9.17) is 23.7 Å². The molecule has 0 amide bonds. The van der Waals surface area contributed by atoms with E-state index < -0.39 is 0 Å². The van der Waals surface area contributed by atoms with Crippen molar-refractivity contribution >= 4 is 0 Å². The van der Waals surface area contributed by atoms with Gasteiger partial charge in [0.15, 0.2) is 23.0 Å². The molecule has 2 atom stereocenters. The topological polar surface area (TPSA) is 85.8 Å². The number of pyridine rings is 1. The van der Waals surface area contributed by atoms with Crippen molar-refractivity contribution in [3.05, 3.63) is 130 Å². The number of aliphatic hydroxyl groups is 1. The van der Waals surface area contributed by atoms with Crippen LogP contribution in [0.5, 0.6) is 40.2 Å². The Bertz CT molecular complexity index is 2070. The fourth-order valence-electron chi connectivity index (χ4n) is 7.91. The lowest BCUT2D eigenvalue weighted by atomic mass is 9.86. The molecule has 52 heavy (non-hydrogen) atoms. The maximum atomic E-state index is 10.8. The Morgan fingerprint density at radius 1 is 0.788 bits per heavy atom. The number of aliphatic hydroxyl groups excluding tert-OH is 1. The molecule has 0 spiro atoms. The quantitative estimate of drug-likeness (QED) is 0.193. The molecule has 9 heteroatoms. The van der Waals surface area contributed by atoms with Crippen LogP contribution in [0.15, 0.2) is 85.2 Å². The molecule has 1 aromatic heterocycles. The number of aromatic nitrogens is 1. The van der Waals surface area contributed by atoms with Gasteiger partial charge in [-0.1, -0.05) is 24.3 Å². The van der Waals surface area contributed by atoms with Gasteiger partial charge in [-0.3, -0.25) is 14.8 Å². The third kappa shape index (κ3) is 6.56. The minimum Gasteiger partial charge on any atom is -0.493 e. The molecule has 0 aliphatic carbocycles. The van der Waals surface area contributed by atoms with E-state index in [9.17, 15) is 5.11 Å². The van der Waals surface area contributed by atoms with Gasteiger partial charge in [0.2, 0.25) is 5.75 Å². The Morgan fingerprint density at radius 2 is 1.54 bits per heavy atom. The summed E-state index contributed by atoms with van der Waals surface area (Å²) in [5.74, 6) is 4.44. The van der Waals surface area contributed by atoms with Gasteiger partial charge < -0.3 is 28.8 Å². The first-order valence-electron chi connectivity index (χ1n) is 18.0. The second kappa shape index (κ2) is 14.5. The Morgan fingerprint density at radius 3 is 2.29 bits per heavy atom. The summed E-state index contributed by atoms with van der Waals surface area (Å²) in [6.07, 6.45) is 6.75. The van der Waals surface area contributed by atoms with Crippen molar-refractivity contribution in [1.82, 2.24) is 14.8 Å². The van der Waals surface area contributed by atoms with Crippen LogP contribution in [0, 0.1) is 0 Å². The van der Waals surface area contributed by atoms with Crippen molar-refractivity contribution in [3.8, 4) is 40.2 Å². The molecule has 5 aromatic rings. The highest BCUT2D eigenvalue weighted by molar-refractivity contribution is 5.63. The molecule has 9 nitrogen and oxygen atoms in total. The van der Waals surface area contributed by atoms with Crippen LogP contribution < -0.4 is 23.7 Å². The minimum atomic E-state index is -0.152. The molecule has 0 saturated carbocycles. The van der Waals surface area contributed by atoms with Gasteiger partial charge in [-0.05, 0) is 116 Å². The summed E-state index contributed by atoms with van der Waals surface area (Å²) in [4.78, 5) is 9.08. The van der Waals surface area contributed by atoms with Crippen LogP contribution in [0.3, 0.4) is 0 Å². The first-order chi connectivity index (χ1) is 25.4. The maximum Gasteiger partial charge on any atom is 0.204 e. The van der Waals surface area contributed by atoms with Gasteiger partial charge in [0.1, 0.15) is 18.1 Å². The lowest BCUT2D eigenvalue weighted by Crippen LogP contribution is -2.34. The van der Waals surface area contributed by atoms with Gasteiger partial charge in [0.05, 0.1) is 20.8 Å². The fraction of sp³-hybridized carbons (Fsp3) is 0.326. The van der Waals surface area contributed by atoms with Crippen LogP contribution in [0.25, 0.3) is 0 Å². The highest BCUT2D eigenvalue weighted by Gasteiger charge is 2.35. The summed E-state index contributed by atoms with van der Waals surface area (Å²) in [6.45, 7) is 1.91. The normalized spacial score (nSPS) is 18.3. The number of likely N-dealkylation sites (N-methyl/N-ethyl adjacent to an activating group) is 2. The van der Waals surface area contributed by atoms with Crippen LogP contribution in [0.2, 0.25) is 0 Å². The van der Waals surface area contributed by atoms with Crippen molar-refractivity contribution < 1.29 is 28.8 Å². The summed E-state index contributed by atoms with van der Waals surface area (Å²) >= 11 is 0. The average Bonchev–Trinajstić information content (AvgIpc) is 3.17. The van der Waals surface area contributed by atoms with Crippen molar-refractivity contribution in [2.24, 2.45) is 0 Å². The summed E-state index contributed by atoms with van der Waals surface area (Å²) in [5, 5.41) is 10.8. The van der Waals surface area contributed by atoms with Crippen molar-refractivity contribution in [1.29, 1.82) is 0 Å². The summed E-state index contributed by atoms with van der Waals surface area (Å²) < 4.78 is 32.1. The van der Waals surface area contributed by atoms with Crippen LogP contribution in [-0.2, 0) is 38.9 Å². The lowest BCUT2D eigenvalue weighted by Gasteiger charge is -2.37. The number of methoxy groups -OCH3 is 2. The maximum absolute atomic E-state index is 10.8. The Hall–Kier alpha value is -5.09. The zero-order valence-corrected chi connectivity index (χ0v) is 30.2. The number of ether oxygens (including phenoxy) is 5. The predicted octanol–water partition coefficient (Wildman–Crippen LogP) is 7.61. The second-order valence-corrected chi connectivity index (χ2v) is 14.0. The number of nitrogens with zero attached hydrogens (tertiary/aromatic N) is 3. The van der Waals surface area contributed by atoms with Gasteiger partial charge >= 0.3 is 0 Å². The van der Waals surface area contributed by atoms with Crippen LogP contribution in [-0.4, -0.2) is 61.3 Å². The van der Waals surface area contributed by atoms with Crippen molar-refractivity contribution in [2.45, 2.75) is 51.0 Å². The molecule has 1 N–H and O–H groups in total. The van der Waals surface area contributed by atoms with Gasteiger partial charge in [-0.2, -0.15) is 0 Å². The molecule has 5 heterocycles. The molecule has 0 saturated heterocycles. The molecule has 4 aliphatic heterocycles. The van der Waals surface area contributed by atoms with Gasteiger partial charge in [-0.25, -0.2) is 0 Å². The number of fused-ring (bicyclic) bond motifs is 2. The van der Waals surface area contributed by atoms with E-state index >= 15 is 0 Å². The number of hydrogen-bond acceptors (Lipinski definition) is 9. The molecular weight excluding hydrogens is 654 g/mol. The Kier molecular flexibility index (Phi) is 9.49. The molecule has 0 fully saturated rings. The van der Waals surface area contributed by atoms with Crippen LogP contribution >= 0.6 is 0 Å².